The van der Waals surface area contributed by atoms with Gasteiger partial charge in [-0.05, 0) is 99.1 Å². The minimum absolute atomic E-state index is 0.0333. The van der Waals surface area contributed by atoms with Crippen molar-refractivity contribution in [1.29, 1.82) is 0 Å². The average molecular weight is 613 g/mol. The molecule has 5 rings (SSSR count). The van der Waals surface area contributed by atoms with Crippen molar-refractivity contribution in [1.82, 2.24) is 15.1 Å². The van der Waals surface area contributed by atoms with E-state index in [0.29, 0.717) is 24.3 Å². The lowest BCUT2D eigenvalue weighted by atomic mass is 9.78. The van der Waals surface area contributed by atoms with E-state index in [1.165, 1.54) is 17.5 Å². The van der Waals surface area contributed by atoms with E-state index in [-0.39, 0.29) is 23.8 Å². The number of hydrogen-bond acceptors (Lipinski definition) is 4. The summed E-state index contributed by atoms with van der Waals surface area (Å²) in [6.45, 7) is 9.28. The quantitative estimate of drug-likeness (QED) is 0.237. The molecule has 242 valence electrons. The summed E-state index contributed by atoms with van der Waals surface area (Å²) in [5.74, 6) is 2.42. The number of hydrogen-bond donors (Lipinski definition) is 1. The summed E-state index contributed by atoms with van der Waals surface area (Å²) in [4.78, 5) is 28.3. The van der Waals surface area contributed by atoms with Crippen LogP contribution in [0.15, 0.2) is 54.9 Å². The number of nitrogens with zero attached hydrogens (tertiary/aromatic N) is 3. The molecule has 0 radical (unpaired) electrons. The van der Waals surface area contributed by atoms with Crippen LogP contribution in [0.2, 0.25) is 0 Å². The van der Waals surface area contributed by atoms with Crippen molar-refractivity contribution >= 4 is 17.5 Å². The molecule has 2 aromatic carbocycles. The molecule has 0 spiro atoms. The summed E-state index contributed by atoms with van der Waals surface area (Å²) >= 11 is 0. The van der Waals surface area contributed by atoms with Gasteiger partial charge in [-0.25, -0.2) is 0 Å². The highest BCUT2D eigenvalue weighted by atomic mass is 16.5. The van der Waals surface area contributed by atoms with Crippen LogP contribution in [0, 0.1) is 24.7 Å². The summed E-state index contributed by atoms with van der Waals surface area (Å²) in [6, 6.07) is 15.1. The number of methoxy groups -OCH3 is 1. The van der Waals surface area contributed by atoms with Gasteiger partial charge in [0.15, 0.2) is 0 Å². The van der Waals surface area contributed by atoms with E-state index < -0.39 is 0 Å². The normalized spacial score (nSPS) is 19.7. The Kier molecular flexibility index (Phi) is 11.0. The van der Waals surface area contributed by atoms with Gasteiger partial charge in [0.1, 0.15) is 5.75 Å². The largest absolute Gasteiger partial charge is 0.496 e. The van der Waals surface area contributed by atoms with Crippen molar-refractivity contribution in [2.24, 2.45) is 17.8 Å². The van der Waals surface area contributed by atoms with Gasteiger partial charge in [0, 0.05) is 42.4 Å². The Morgan fingerprint density at radius 2 is 1.73 bits per heavy atom. The first-order valence-corrected chi connectivity index (χ1v) is 17.1. The molecule has 1 aromatic heterocycles. The molecule has 2 saturated carbocycles. The highest BCUT2D eigenvalue weighted by Gasteiger charge is 2.31. The van der Waals surface area contributed by atoms with Gasteiger partial charge in [0.25, 0.3) is 0 Å². The number of anilines is 1. The van der Waals surface area contributed by atoms with Crippen molar-refractivity contribution in [3.8, 4) is 16.9 Å². The number of ether oxygens (including phenoxy) is 1. The van der Waals surface area contributed by atoms with Crippen molar-refractivity contribution in [3.63, 3.8) is 0 Å². The van der Waals surface area contributed by atoms with E-state index >= 15 is 0 Å². The van der Waals surface area contributed by atoms with Crippen LogP contribution >= 0.6 is 0 Å². The van der Waals surface area contributed by atoms with Crippen LogP contribution < -0.4 is 15.0 Å². The predicted octanol–water partition coefficient (Wildman–Crippen LogP) is 8.09. The minimum atomic E-state index is -0.0415. The molecule has 2 aliphatic rings. The maximum absolute atomic E-state index is 14.1. The number of benzene rings is 2. The van der Waals surface area contributed by atoms with Gasteiger partial charge in [-0.1, -0.05) is 57.4 Å². The number of aromatic nitrogens is 2. The zero-order chi connectivity index (χ0) is 31.9. The first-order valence-electron chi connectivity index (χ1n) is 17.1. The fraction of sp³-hybridized carbons (Fsp3) is 0.553. The lowest BCUT2D eigenvalue weighted by molar-refractivity contribution is -0.124. The molecule has 7 heteroatoms. The van der Waals surface area contributed by atoms with Gasteiger partial charge in [0.05, 0.1) is 19.3 Å². The first kappa shape index (κ1) is 32.8. The topological polar surface area (TPSA) is 76.5 Å². The molecule has 3 aromatic rings. The summed E-state index contributed by atoms with van der Waals surface area (Å²) in [7, 11) is 1.73. The summed E-state index contributed by atoms with van der Waals surface area (Å²) in [6.07, 6.45) is 14.0. The second-order valence-electron chi connectivity index (χ2n) is 13.7. The van der Waals surface area contributed by atoms with Gasteiger partial charge in [0.2, 0.25) is 11.8 Å². The minimum Gasteiger partial charge on any atom is -0.496 e. The van der Waals surface area contributed by atoms with E-state index in [9.17, 15) is 9.59 Å². The second-order valence-corrected chi connectivity index (χ2v) is 13.7. The molecule has 0 saturated heterocycles. The number of carbonyl (C=O) groups excluding carboxylic acids is 2. The number of aryl methyl sites for hydroxylation is 1. The van der Waals surface area contributed by atoms with E-state index in [4.69, 9.17) is 4.74 Å². The van der Waals surface area contributed by atoms with Crippen LogP contribution in [-0.4, -0.2) is 41.8 Å². The van der Waals surface area contributed by atoms with Crippen LogP contribution in [0.25, 0.3) is 11.1 Å². The molecule has 2 amide bonds. The Morgan fingerprint density at radius 1 is 0.978 bits per heavy atom. The monoisotopic (exact) mass is 612 g/mol. The Balaban J connectivity index is 1.30. The molecule has 7 nitrogen and oxygen atoms in total. The van der Waals surface area contributed by atoms with Crippen LogP contribution in [0.3, 0.4) is 0 Å². The Bertz CT molecular complexity index is 1430. The van der Waals surface area contributed by atoms with Crippen molar-refractivity contribution in [3.05, 3.63) is 66.0 Å². The molecule has 1 atom stereocenters. The fourth-order valence-electron chi connectivity index (χ4n) is 7.11. The van der Waals surface area contributed by atoms with E-state index in [0.717, 1.165) is 80.5 Å². The van der Waals surface area contributed by atoms with E-state index in [1.54, 1.807) is 7.11 Å². The van der Waals surface area contributed by atoms with Crippen LogP contribution in [0.5, 0.6) is 5.75 Å². The lowest BCUT2D eigenvalue weighted by Gasteiger charge is -2.35. The lowest BCUT2D eigenvalue weighted by Crippen LogP contribution is -2.41. The third-order valence-electron chi connectivity index (χ3n) is 10.0. The van der Waals surface area contributed by atoms with Crippen LogP contribution in [0.1, 0.15) is 102 Å². The zero-order valence-corrected chi connectivity index (χ0v) is 27.9. The molecule has 1 unspecified atom stereocenters. The summed E-state index contributed by atoms with van der Waals surface area (Å²) < 4.78 is 7.39. The van der Waals surface area contributed by atoms with Gasteiger partial charge in [-0.2, -0.15) is 5.10 Å². The molecule has 1 heterocycles. The van der Waals surface area contributed by atoms with Crippen LogP contribution in [-0.2, 0) is 9.59 Å². The highest BCUT2D eigenvalue weighted by Crippen LogP contribution is 2.39. The Hall–Kier alpha value is -3.61. The standard InChI is InChI=1S/C38H52N4O3/c1-26(2)37(43)39-22-28(4)42-25-34(23-40-42)32-12-9-13-35(21-32)41(38(44)31-10-7-6-8-11-31)24-29-14-16-30(17-15-29)33-18-19-36(45-5)27(3)20-33/h9,12-13,18-21,23,25-26,28-31H,6-8,10-11,14-17,22,24H2,1-5H3,(H,39,43). The summed E-state index contributed by atoms with van der Waals surface area (Å²) in [5, 5.41) is 7.62. The Labute approximate surface area is 269 Å². The van der Waals surface area contributed by atoms with E-state index in [1.807, 2.05) is 30.9 Å². The number of nitrogens with one attached hydrogen (secondary N) is 1. The summed E-state index contributed by atoms with van der Waals surface area (Å²) in [5.41, 5.74) is 5.66. The number of amides is 2. The van der Waals surface area contributed by atoms with Crippen molar-refractivity contribution in [2.45, 2.75) is 97.4 Å². The molecule has 2 fully saturated rings. The maximum atomic E-state index is 14.1. The number of rotatable bonds is 11. The first-order chi connectivity index (χ1) is 21.7. The maximum Gasteiger partial charge on any atom is 0.230 e. The fourth-order valence-corrected chi connectivity index (χ4v) is 7.11. The average Bonchev–Trinajstić information content (AvgIpc) is 3.57. The molecular formula is C38H52N4O3. The molecule has 45 heavy (non-hydrogen) atoms. The molecule has 0 bridgehead atoms. The Morgan fingerprint density at radius 3 is 2.42 bits per heavy atom. The number of carbonyl (C=O) groups is 2. The van der Waals surface area contributed by atoms with Gasteiger partial charge < -0.3 is 15.0 Å². The van der Waals surface area contributed by atoms with E-state index in [2.05, 4.69) is 71.6 Å². The third-order valence-corrected chi connectivity index (χ3v) is 10.0. The smallest absolute Gasteiger partial charge is 0.230 e. The SMILES string of the molecule is COc1ccc(C2CCC(CN(C(=O)C3CCCCC3)c3cccc(-c4cnn(C(C)CNC(=O)C(C)C)c4)c3)CC2)cc1C. The van der Waals surface area contributed by atoms with Gasteiger partial charge >= 0.3 is 0 Å². The third kappa shape index (κ3) is 8.16. The van der Waals surface area contributed by atoms with Crippen molar-refractivity contribution < 1.29 is 14.3 Å². The van der Waals surface area contributed by atoms with Crippen LogP contribution in [0.4, 0.5) is 5.69 Å². The molecule has 2 aliphatic carbocycles. The molecular weight excluding hydrogens is 560 g/mol. The second kappa shape index (κ2) is 15.1. The van der Waals surface area contributed by atoms with Gasteiger partial charge in [-0.3, -0.25) is 14.3 Å². The molecule has 1 N–H and O–H groups in total. The predicted molar refractivity (Wildman–Crippen MR) is 182 cm³/mol. The zero-order valence-electron chi connectivity index (χ0n) is 27.9. The van der Waals surface area contributed by atoms with Gasteiger partial charge in [-0.15, -0.1) is 0 Å². The molecule has 0 aliphatic heterocycles. The highest BCUT2D eigenvalue weighted by molar-refractivity contribution is 5.95. The van der Waals surface area contributed by atoms with Crippen molar-refractivity contribution in [2.75, 3.05) is 25.1 Å².